The van der Waals surface area contributed by atoms with E-state index >= 15 is 0 Å². The van der Waals surface area contributed by atoms with Crippen molar-refractivity contribution in [2.45, 2.75) is 44.4 Å². The monoisotopic (exact) mass is 261 g/mol. The zero-order valence-electron chi connectivity index (χ0n) is 11.7. The molecule has 0 aromatic carbocycles. The molecule has 4 nitrogen and oxygen atoms in total. The Labute approximate surface area is 115 Å². The number of nitrogens with zero attached hydrogens (tertiary/aromatic N) is 2. The molecule has 0 spiro atoms. The average molecular weight is 261 g/mol. The zero-order chi connectivity index (χ0) is 13.1. The van der Waals surface area contributed by atoms with E-state index in [1.165, 1.54) is 37.8 Å². The summed E-state index contributed by atoms with van der Waals surface area (Å²) in [4.78, 5) is 9.22. The molecule has 19 heavy (non-hydrogen) atoms. The lowest BCUT2D eigenvalue weighted by atomic mass is 9.93. The van der Waals surface area contributed by atoms with Gasteiger partial charge in [-0.15, -0.1) is 0 Å². The number of nitrogens with one attached hydrogen (secondary N) is 1. The fourth-order valence-corrected chi connectivity index (χ4v) is 2.80. The molecule has 1 aliphatic carbocycles. The molecule has 1 saturated heterocycles. The second-order valence-corrected chi connectivity index (χ2v) is 5.76. The fraction of sp³-hybridized carbons (Fsp3) is 0.733. The van der Waals surface area contributed by atoms with Gasteiger partial charge >= 0.3 is 0 Å². The highest BCUT2D eigenvalue weighted by atomic mass is 16.5. The summed E-state index contributed by atoms with van der Waals surface area (Å²) in [6.07, 6.45) is 7.32. The maximum atomic E-state index is 5.30. The lowest BCUT2D eigenvalue weighted by molar-refractivity contribution is 0.350. The van der Waals surface area contributed by atoms with Gasteiger partial charge in [-0.1, -0.05) is 0 Å². The average Bonchev–Trinajstić information content (AvgIpc) is 3.30. The Kier molecular flexibility index (Phi) is 3.97. The number of ether oxygens (including phenoxy) is 1. The number of hydrogen-bond donors (Lipinski definition) is 1. The summed E-state index contributed by atoms with van der Waals surface area (Å²) in [7, 11) is 1.69. The smallest absolute Gasteiger partial charge is 0.216 e. The lowest BCUT2D eigenvalue weighted by Gasteiger charge is -2.22. The molecule has 1 saturated carbocycles. The third-order valence-electron chi connectivity index (χ3n) is 4.21. The molecule has 0 atom stereocenters. The fourth-order valence-electron chi connectivity index (χ4n) is 2.80. The topological polar surface area (TPSA) is 47.0 Å². The van der Waals surface area contributed by atoms with Crippen LogP contribution in [0.25, 0.3) is 0 Å². The van der Waals surface area contributed by atoms with Crippen LogP contribution in [0.5, 0.6) is 5.88 Å². The van der Waals surface area contributed by atoms with Gasteiger partial charge in [0.1, 0.15) is 5.82 Å². The van der Waals surface area contributed by atoms with Gasteiger partial charge in [-0.3, -0.25) is 0 Å². The molecule has 1 aliphatic heterocycles. The number of hydrogen-bond acceptors (Lipinski definition) is 4. The van der Waals surface area contributed by atoms with E-state index in [1.807, 2.05) is 6.07 Å². The molecule has 2 heterocycles. The highest BCUT2D eigenvalue weighted by Crippen LogP contribution is 2.39. The Balaban J connectivity index is 1.63. The predicted octanol–water partition coefficient (Wildman–Crippen LogP) is 2.29. The van der Waals surface area contributed by atoms with Gasteiger partial charge in [-0.05, 0) is 51.1 Å². The van der Waals surface area contributed by atoms with Crippen molar-refractivity contribution >= 4 is 0 Å². The van der Waals surface area contributed by atoms with Gasteiger partial charge in [-0.25, -0.2) is 4.98 Å². The molecule has 2 fully saturated rings. The summed E-state index contributed by atoms with van der Waals surface area (Å²) in [6.45, 7) is 2.33. The molecule has 104 valence electrons. The molecule has 0 unspecified atom stereocenters. The molecule has 3 rings (SSSR count). The van der Waals surface area contributed by atoms with E-state index in [-0.39, 0.29) is 0 Å². The van der Waals surface area contributed by atoms with Crippen molar-refractivity contribution < 1.29 is 4.74 Å². The number of rotatable bonds is 5. The lowest BCUT2D eigenvalue weighted by Crippen LogP contribution is -2.28. The molecule has 0 amide bonds. The van der Waals surface area contributed by atoms with Crippen molar-refractivity contribution in [1.82, 2.24) is 15.3 Å². The summed E-state index contributed by atoms with van der Waals surface area (Å²) >= 11 is 0. The van der Waals surface area contributed by atoms with Gasteiger partial charge in [0.05, 0.1) is 12.8 Å². The van der Waals surface area contributed by atoms with Crippen molar-refractivity contribution in [2.75, 3.05) is 20.2 Å². The van der Waals surface area contributed by atoms with Crippen molar-refractivity contribution in [3.05, 3.63) is 17.6 Å². The number of aromatic nitrogens is 2. The first-order valence-corrected chi connectivity index (χ1v) is 7.47. The third-order valence-corrected chi connectivity index (χ3v) is 4.21. The zero-order valence-corrected chi connectivity index (χ0v) is 11.7. The van der Waals surface area contributed by atoms with E-state index < -0.39 is 0 Å². The molecular formula is C15H23N3O. The van der Waals surface area contributed by atoms with Gasteiger partial charge < -0.3 is 10.1 Å². The van der Waals surface area contributed by atoms with E-state index in [2.05, 4.69) is 10.3 Å². The first kappa shape index (κ1) is 12.9. The normalized spacial score (nSPS) is 20.5. The van der Waals surface area contributed by atoms with Gasteiger partial charge in [0, 0.05) is 18.4 Å². The van der Waals surface area contributed by atoms with Crippen molar-refractivity contribution in [2.24, 2.45) is 5.92 Å². The molecule has 1 aromatic heterocycles. The van der Waals surface area contributed by atoms with Crippen LogP contribution < -0.4 is 10.1 Å². The van der Waals surface area contributed by atoms with Crippen LogP contribution in [0.4, 0.5) is 0 Å². The van der Waals surface area contributed by atoms with Crippen molar-refractivity contribution in [3.63, 3.8) is 0 Å². The summed E-state index contributed by atoms with van der Waals surface area (Å²) in [5, 5.41) is 3.41. The molecule has 2 aliphatic rings. The highest BCUT2D eigenvalue weighted by molar-refractivity contribution is 5.22. The first-order valence-electron chi connectivity index (χ1n) is 7.47. The Morgan fingerprint density at radius 2 is 2.00 bits per heavy atom. The van der Waals surface area contributed by atoms with E-state index in [0.717, 1.165) is 37.1 Å². The highest BCUT2D eigenvalue weighted by Gasteiger charge is 2.26. The number of aryl methyl sites for hydroxylation is 1. The first-order chi connectivity index (χ1) is 9.35. The molecule has 4 heteroatoms. The van der Waals surface area contributed by atoms with Gasteiger partial charge in [0.25, 0.3) is 0 Å². The SMILES string of the molecule is COc1cc(C2CC2)nc(CCC2CCNCC2)n1. The Bertz CT molecular complexity index is 425. The minimum absolute atomic E-state index is 0.662. The largest absolute Gasteiger partial charge is 0.481 e. The molecular weight excluding hydrogens is 238 g/mol. The van der Waals surface area contributed by atoms with Crippen LogP contribution in [0.1, 0.15) is 49.5 Å². The third kappa shape index (κ3) is 3.44. The second-order valence-electron chi connectivity index (χ2n) is 5.76. The summed E-state index contributed by atoms with van der Waals surface area (Å²) in [5.74, 6) is 3.20. The van der Waals surface area contributed by atoms with Gasteiger partial charge in [-0.2, -0.15) is 4.98 Å². The van der Waals surface area contributed by atoms with Crippen molar-refractivity contribution in [3.8, 4) is 5.88 Å². The van der Waals surface area contributed by atoms with Crippen LogP contribution in [0, 0.1) is 5.92 Å². The standard InChI is InChI=1S/C15H23N3O/c1-19-15-10-13(12-3-4-12)17-14(18-15)5-2-11-6-8-16-9-7-11/h10-12,16H,2-9H2,1H3. The quantitative estimate of drug-likeness (QED) is 0.883. The summed E-state index contributed by atoms with van der Waals surface area (Å²) < 4.78 is 5.30. The van der Waals surface area contributed by atoms with E-state index in [0.29, 0.717) is 5.92 Å². The van der Waals surface area contributed by atoms with Gasteiger partial charge in [0.15, 0.2) is 0 Å². The van der Waals surface area contributed by atoms with Crippen LogP contribution in [-0.2, 0) is 6.42 Å². The minimum Gasteiger partial charge on any atom is -0.481 e. The molecule has 0 bridgehead atoms. The second kappa shape index (κ2) is 5.87. The van der Waals surface area contributed by atoms with E-state index in [4.69, 9.17) is 9.72 Å². The summed E-state index contributed by atoms with van der Waals surface area (Å²) in [6, 6.07) is 2.01. The minimum atomic E-state index is 0.662. The summed E-state index contributed by atoms with van der Waals surface area (Å²) in [5.41, 5.74) is 1.19. The van der Waals surface area contributed by atoms with Crippen LogP contribution in [0.15, 0.2) is 6.07 Å². The van der Waals surface area contributed by atoms with E-state index in [1.54, 1.807) is 7.11 Å². The van der Waals surface area contributed by atoms with Crippen LogP contribution >= 0.6 is 0 Å². The van der Waals surface area contributed by atoms with Gasteiger partial charge in [0.2, 0.25) is 5.88 Å². The Morgan fingerprint density at radius 3 is 2.68 bits per heavy atom. The maximum Gasteiger partial charge on any atom is 0.216 e. The maximum absolute atomic E-state index is 5.30. The van der Waals surface area contributed by atoms with Crippen molar-refractivity contribution in [1.29, 1.82) is 0 Å². The Hall–Kier alpha value is -1.16. The Morgan fingerprint density at radius 1 is 1.21 bits per heavy atom. The molecule has 0 radical (unpaired) electrons. The number of piperidine rings is 1. The molecule has 1 N–H and O–H groups in total. The van der Waals surface area contributed by atoms with Crippen LogP contribution in [-0.4, -0.2) is 30.2 Å². The number of methoxy groups -OCH3 is 1. The van der Waals surface area contributed by atoms with E-state index in [9.17, 15) is 0 Å². The van der Waals surface area contributed by atoms with Crippen LogP contribution in [0.3, 0.4) is 0 Å². The molecule has 1 aromatic rings. The van der Waals surface area contributed by atoms with Crippen LogP contribution in [0.2, 0.25) is 0 Å². The predicted molar refractivity (Wildman–Crippen MR) is 74.5 cm³/mol.